The first-order valence-corrected chi connectivity index (χ1v) is 12.7. The van der Waals surface area contributed by atoms with Crippen molar-refractivity contribution in [1.29, 1.82) is 0 Å². The largest absolute Gasteiger partial charge is 0.418 e. The van der Waals surface area contributed by atoms with E-state index < -0.39 is 31.4 Å². The minimum Gasteiger partial charge on any atom is -0.300 e. The zero-order valence-electron chi connectivity index (χ0n) is 17.7. The Hall–Kier alpha value is -1.56. The van der Waals surface area contributed by atoms with Crippen LogP contribution in [-0.2, 0) is 12.4 Å². The fraction of sp³-hybridized carbons (Fsp3) is 0.609. The van der Waals surface area contributed by atoms with Gasteiger partial charge in [-0.1, -0.05) is 38.5 Å². The maximum absolute atomic E-state index is 13.9. The molecular weight excluding hydrogens is 449 g/mol. The molecule has 2 saturated carbocycles. The molecule has 2 fully saturated rings. The lowest BCUT2D eigenvalue weighted by Crippen LogP contribution is -2.31. The van der Waals surface area contributed by atoms with Gasteiger partial charge < -0.3 is 0 Å². The zero-order valence-corrected chi connectivity index (χ0v) is 18.6. The maximum atomic E-state index is 13.9. The molecule has 0 atom stereocenters. The molecule has 2 nitrogen and oxygen atoms in total. The Morgan fingerprint density at radius 3 is 1.84 bits per heavy atom. The second-order valence-electron chi connectivity index (χ2n) is 8.82. The van der Waals surface area contributed by atoms with Crippen LogP contribution in [0.1, 0.15) is 75.3 Å². The van der Waals surface area contributed by atoms with Crippen molar-refractivity contribution < 1.29 is 26.3 Å². The van der Waals surface area contributed by atoms with Gasteiger partial charge in [0.1, 0.15) is 5.57 Å². The lowest BCUT2D eigenvalue weighted by atomic mass is 9.99. The monoisotopic (exact) mass is 476 g/mol. The summed E-state index contributed by atoms with van der Waals surface area (Å²) in [6.45, 7) is 0. The van der Waals surface area contributed by atoms with Crippen LogP contribution in [0.3, 0.4) is 0 Å². The Bertz CT molecular complexity index is 890. The molecule has 1 aromatic carbocycles. The fourth-order valence-electron chi connectivity index (χ4n) is 5.17. The molecule has 0 bridgehead atoms. The van der Waals surface area contributed by atoms with Gasteiger partial charge in [-0.3, -0.25) is 4.57 Å². The first kappa shape index (κ1) is 23.6. The summed E-state index contributed by atoms with van der Waals surface area (Å²) >= 11 is 0. The van der Waals surface area contributed by atoms with Crippen molar-refractivity contribution >= 4 is 13.5 Å². The van der Waals surface area contributed by atoms with E-state index in [9.17, 15) is 26.3 Å². The predicted molar refractivity (Wildman–Crippen MR) is 114 cm³/mol. The van der Waals surface area contributed by atoms with Gasteiger partial charge in [0.25, 0.3) is 0 Å². The zero-order chi connectivity index (χ0) is 22.9. The third kappa shape index (κ3) is 5.00. The van der Waals surface area contributed by atoms with E-state index >= 15 is 0 Å². The highest BCUT2D eigenvalue weighted by Gasteiger charge is 2.40. The fourth-order valence-corrected chi connectivity index (χ4v) is 8.88. The number of halogens is 6. The van der Waals surface area contributed by atoms with Crippen molar-refractivity contribution in [2.75, 3.05) is 0 Å². The van der Waals surface area contributed by atoms with Crippen LogP contribution < -0.4 is 5.57 Å². The van der Waals surface area contributed by atoms with Crippen LogP contribution in [0.15, 0.2) is 30.6 Å². The molecule has 176 valence electrons. The normalized spacial score (nSPS) is 19.6. The van der Waals surface area contributed by atoms with E-state index in [1.54, 1.807) is 0 Å². The molecule has 32 heavy (non-hydrogen) atoms. The molecule has 0 radical (unpaired) electrons. The van der Waals surface area contributed by atoms with E-state index in [1.165, 1.54) is 29.8 Å². The van der Waals surface area contributed by atoms with Gasteiger partial charge in [0.05, 0.1) is 16.8 Å². The average molecular weight is 476 g/mol. The van der Waals surface area contributed by atoms with E-state index in [4.69, 9.17) is 0 Å². The second-order valence-corrected chi connectivity index (χ2v) is 11.5. The van der Waals surface area contributed by atoms with Crippen LogP contribution >= 0.6 is 7.92 Å². The highest BCUT2D eigenvalue weighted by Crippen LogP contribution is 2.55. The number of hydrogen-bond donors (Lipinski definition) is 0. The van der Waals surface area contributed by atoms with Gasteiger partial charge in [-0.2, -0.15) is 26.3 Å². The number of benzene rings is 1. The van der Waals surface area contributed by atoms with Crippen molar-refractivity contribution in [1.82, 2.24) is 9.55 Å². The maximum Gasteiger partial charge on any atom is 0.418 e. The summed E-state index contributed by atoms with van der Waals surface area (Å²) < 4.78 is 82.4. The molecule has 0 spiro atoms. The topological polar surface area (TPSA) is 17.8 Å². The number of nitrogens with zero attached hydrogens (tertiary/aromatic N) is 2. The summed E-state index contributed by atoms with van der Waals surface area (Å²) in [6, 6.07) is 1.91. The molecule has 0 amide bonds. The minimum absolute atomic E-state index is 0.225. The van der Waals surface area contributed by atoms with Crippen LogP contribution in [0.2, 0.25) is 0 Å². The van der Waals surface area contributed by atoms with Crippen molar-refractivity contribution in [2.45, 2.75) is 87.9 Å². The van der Waals surface area contributed by atoms with E-state index in [1.807, 2.05) is 0 Å². The number of imidazole rings is 1. The summed E-state index contributed by atoms with van der Waals surface area (Å²) in [6.07, 6.45) is 4.24. The van der Waals surface area contributed by atoms with Crippen molar-refractivity contribution in [3.63, 3.8) is 0 Å². The van der Waals surface area contributed by atoms with Crippen LogP contribution in [0.5, 0.6) is 0 Å². The SMILES string of the molecule is FC(F)(F)c1ccc(-n2ccnc2P(C2CCCCC2)C2CCCCC2)c(C(F)(F)F)c1. The Labute approximate surface area is 185 Å². The van der Waals surface area contributed by atoms with Crippen molar-refractivity contribution in [3.8, 4) is 5.69 Å². The molecule has 0 N–H and O–H groups in total. The third-order valence-corrected chi connectivity index (χ3v) is 10.1. The van der Waals surface area contributed by atoms with E-state index in [0.29, 0.717) is 16.9 Å². The highest BCUT2D eigenvalue weighted by molar-refractivity contribution is 7.66. The van der Waals surface area contributed by atoms with Crippen LogP contribution in [0.4, 0.5) is 26.3 Å². The number of aromatic nitrogens is 2. The first-order chi connectivity index (χ1) is 15.2. The van der Waals surface area contributed by atoms with Crippen LogP contribution in [0, 0.1) is 0 Å². The lowest BCUT2D eigenvalue weighted by Gasteiger charge is -2.38. The molecular formula is C23H27F6N2P. The number of hydrogen-bond acceptors (Lipinski definition) is 1. The van der Waals surface area contributed by atoms with E-state index in [2.05, 4.69) is 4.98 Å². The Balaban J connectivity index is 1.80. The summed E-state index contributed by atoms with van der Waals surface area (Å²) in [5.41, 5.74) is -1.38. The molecule has 4 rings (SSSR count). The standard InChI is InChI=1S/C23H27F6N2P/c24-22(25,26)16-11-12-20(19(15-16)23(27,28)29)31-14-13-30-21(31)32(17-7-3-1-4-8-17)18-9-5-2-6-10-18/h11-15,17-18H,1-10H2. The number of rotatable bonds is 4. The van der Waals surface area contributed by atoms with Gasteiger partial charge in [0.2, 0.25) is 0 Å². The van der Waals surface area contributed by atoms with E-state index in [0.717, 1.165) is 63.5 Å². The van der Waals surface area contributed by atoms with Gasteiger partial charge in [-0.25, -0.2) is 4.98 Å². The van der Waals surface area contributed by atoms with Gasteiger partial charge in [-0.05, 0) is 63.1 Å². The molecule has 2 aliphatic rings. The highest BCUT2D eigenvalue weighted by atomic mass is 31.1. The molecule has 0 saturated heterocycles. The summed E-state index contributed by atoms with van der Waals surface area (Å²) in [5.74, 6) is 0. The summed E-state index contributed by atoms with van der Waals surface area (Å²) in [5, 5.41) is 0. The van der Waals surface area contributed by atoms with Crippen LogP contribution in [0.25, 0.3) is 5.69 Å². The molecule has 0 aliphatic heterocycles. The Kier molecular flexibility index (Phi) is 6.90. The first-order valence-electron chi connectivity index (χ1n) is 11.3. The Morgan fingerprint density at radius 2 is 1.34 bits per heavy atom. The molecule has 1 heterocycles. The molecule has 9 heteroatoms. The van der Waals surface area contributed by atoms with Gasteiger partial charge in [0.15, 0.2) is 0 Å². The quantitative estimate of drug-likeness (QED) is 0.327. The summed E-state index contributed by atoms with van der Waals surface area (Å²) in [4.78, 5) is 4.54. The second kappa shape index (κ2) is 9.36. The molecule has 1 aromatic heterocycles. The molecule has 2 aliphatic carbocycles. The van der Waals surface area contributed by atoms with Gasteiger partial charge >= 0.3 is 12.4 Å². The van der Waals surface area contributed by atoms with Crippen LogP contribution in [-0.4, -0.2) is 20.9 Å². The Morgan fingerprint density at radius 1 is 0.781 bits per heavy atom. The van der Waals surface area contributed by atoms with Crippen molar-refractivity contribution in [2.24, 2.45) is 0 Å². The number of alkyl halides is 6. The smallest absolute Gasteiger partial charge is 0.300 e. The molecule has 2 aromatic rings. The molecule has 0 unspecified atom stereocenters. The van der Waals surface area contributed by atoms with Gasteiger partial charge in [-0.15, -0.1) is 0 Å². The third-order valence-electron chi connectivity index (χ3n) is 6.68. The van der Waals surface area contributed by atoms with Crippen molar-refractivity contribution in [3.05, 3.63) is 41.7 Å². The predicted octanol–water partition coefficient (Wildman–Crippen LogP) is 7.68. The minimum atomic E-state index is -4.91. The van der Waals surface area contributed by atoms with Gasteiger partial charge in [0, 0.05) is 12.4 Å². The summed E-state index contributed by atoms with van der Waals surface area (Å²) in [7, 11) is -0.816. The van der Waals surface area contributed by atoms with E-state index in [-0.39, 0.29) is 11.8 Å². The lowest BCUT2D eigenvalue weighted by molar-refractivity contribution is -0.143. The average Bonchev–Trinajstić information content (AvgIpc) is 3.23.